The summed E-state index contributed by atoms with van der Waals surface area (Å²) in [5.41, 5.74) is 4.97. The van der Waals surface area contributed by atoms with Crippen molar-refractivity contribution in [2.45, 2.75) is 39.5 Å². The summed E-state index contributed by atoms with van der Waals surface area (Å²) in [6.45, 7) is 46.6. The number of allylic oxidation sites excluding steroid dienone is 2. The molecule has 0 amide bonds. The van der Waals surface area contributed by atoms with E-state index in [4.69, 9.17) is 26.9 Å². The summed E-state index contributed by atoms with van der Waals surface area (Å²) in [6, 6.07) is 14.7. The van der Waals surface area contributed by atoms with E-state index in [0.29, 0.717) is 62.0 Å². The van der Waals surface area contributed by atoms with Crippen molar-refractivity contribution in [1.29, 1.82) is 21.0 Å². The average molecular weight is 1180 g/mol. The fourth-order valence-electron chi connectivity index (χ4n) is 11.4. The molecule has 19 nitrogen and oxygen atoms in total. The van der Waals surface area contributed by atoms with E-state index in [9.17, 15) is 35.4 Å². The lowest BCUT2D eigenvalue weighted by atomic mass is 9.89. The maximum absolute atomic E-state index is 15.0. The number of ether oxygens (including phenoxy) is 1. The number of carbonyl (C=O) groups excluding carboxylic acids is 4. The number of rotatable bonds is 18. The van der Waals surface area contributed by atoms with Crippen LogP contribution in [0.1, 0.15) is 146 Å². The molecule has 0 radical (unpaired) electrons. The largest absolute Gasteiger partial charge is 0.451 e. The topological polar surface area (TPSA) is 229 Å². The molecule has 1 unspecified atom stereocenters. The van der Waals surface area contributed by atoms with Crippen LogP contribution in [0.25, 0.3) is 51.2 Å². The smallest absolute Gasteiger partial charge is 0.318 e. The van der Waals surface area contributed by atoms with Gasteiger partial charge in [-0.25, -0.2) is 9.69 Å². The van der Waals surface area contributed by atoms with Crippen molar-refractivity contribution >= 4 is 81.8 Å². The molecule has 0 saturated carbocycles. The molecule has 0 bridgehead atoms. The second-order valence-electron chi connectivity index (χ2n) is 19.8. The van der Waals surface area contributed by atoms with Gasteiger partial charge in [-0.15, -0.1) is 0 Å². The summed E-state index contributed by atoms with van der Waals surface area (Å²) in [4.78, 5) is 66.1. The third-order valence-electron chi connectivity index (χ3n) is 15.4. The maximum Gasteiger partial charge on any atom is 0.318 e. The van der Waals surface area contributed by atoms with Crippen LogP contribution in [0.15, 0.2) is 120 Å². The Hall–Kier alpha value is -11.8. The molecule has 87 heavy (non-hydrogen) atoms. The Morgan fingerprint density at radius 3 is 1.46 bits per heavy atom. The minimum atomic E-state index is -2.50. The van der Waals surface area contributed by atoms with Gasteiger partial charge in [0.15, 0.2) is 28.9 Å². The molecule has 0 saturated heterocycles. The Morgan fingerprint density at radius 2 is 1.02 bits per heavy atom. The van der Waals surface area contributed by atoms with Crippen LogP contribution < -0.4 is 13.8 Å². The molecule has 9 heterocycles. The highest BCUT2D eigenvalue weighted by Crippen LogP contribution is 2.59. The Morgan fingerprint density at radius 1 is 0.563 bits per heavy atom. The van der Waals surface area contributed by atoms with E-state index in [-0.39, 0.29) is 104 Å². The van der Waals surface area contributed by atoms with Crippen molar-refractivity contribution in [2.75, 3.05) is 0 Å². The fourth-order valence-corrected chi connectivity index (χ4v) is 15.2. The Kier molecular flexibility index (Phi) is 14.5. The van der Waals surface area contributed by atoms with Crippen molar-refractivity contribution in [1.82, 2.24) is 26.5 Å². The standard InChI is InChI=1S/C66H44N12O7P2/c1-12-38-33-76-52(48(38)28-68)24-51-43(27-67)19-20-75(51)86(76)84-59-22-45(57(81)17-6)44(36(8)79)21-47(59)62-60(83-66-73-31-41(15-4)63(71-10)55(73)26-56-64(72-11)42(16-5)32-74(56)66)23-46(58(82)18-7)61(37(9)80)65(62)85-87-77-34-39(13-2)49(29-69)53(77)25-54-50(30-70)40(14-3)35-78(54)87/h12-23,31-35,66H,1-7,24-26H2,8-9H3. The monoisotopic (exact) mass is 1180 g/mol. The zero-order valence-electron chi connectivity index (χ0n) is 46.6. The van der Waals surface area contributed by atoms with Gasteiger partial charge in [0.05, 0.1) is 63.6 Å². The van der Waals surface area contributed by atoms with Crippen LogP contribution in [-0.2, 0) is 19.3 Å². The van der Waals surface area contributed by atoms with Gasteiger partial charge in [-0.1, -0.05) is 76.4 Å². The summed E-state index contributed by atoms with van der Waals surface area (Å²) in [6.07, 6.45) is 18.3. The molecule has 1 atom stereocenters. The van der Waals surface area contributed by atoms with Crippen molar-refractivity contribution in [3.05, 3.63) is 249 Å². The van der Waals surface area contributed by atoms with E-state index < -0.39 is 46.4 Å². The molecule has 0 spiro atoms. The van der Waals surface area contributed by atoms with Gasteiger partial charge in [0.1, 0.15) is 35.8 Å². The molecule has 8 aromatic rings. The van der Waals surface area contributed by atoms with Gasteiger partial charge < -0.3 is 22.9 Å². The van der Waals surface area contributed by atoms with Crippen molar-refractivity contribution in [2.24, 2.45) is 0 Å². The molecule has 3 aliphatic rings. The first-order valence-electron chi connectivity index (χ1n) is 26.3. The van der Waals surface area contributed by atoms with Crippen LogP contribution in [0.4, 0.5) is 11.4 Å². The molecule has 420 valence electrons. The summed E-state index contributed by atoms with van der Waals surface area (Å²) in [5, 5.41) is 42.6. The average Bonchev–Trinajstić information content (AvgIpc) is 1.78. The molecular weight excluding hydrogens is 1130 g/mol. The number of benzene rings is 2. The highest BCUT2D eigenvalue weighted by molar-refractivity contribution is 7.50. The van der Waals surface area contributed by atoms with Crippen LogP contribution in [0.5, 0.6) is 17.2 Å². The molecule has 6 aromatic heterocycles. The Labute approximate surface area is 501 Å². The third-order valence-corrected chi connectivity index (χ3v) is 19.1. The zero-order valence-corrected chi connectivity index (χ0v) is 48.4. The van der Waals surface area contributed by atoms with Gasteiger partial charge in [-0.3, -0.25) is 36.5 Å². The first kappa shape index (κ1) is 57.0. The maximum atomic E-state index is 15.0. The minimum absolute atomic E-state index is 0.0454. The number of ketones is 4. The number of aromatic nitrogens is 6. The molecule has 0 fully saturated rings. The lowest BCUT2D eigenvalue weighted by Crippen LogP contribution is -2.30. The van der Waals surface area contributed by atoms with Gasteiger partial charge in [0.25, 0.3) is 6.35 Å². The number of hydrogen-bond donors (Lipinski definition) is 0. The third kappa shape index (κ3) is 8.67. The van der Waals surface area contributed by atoms with E-state index >= 15 is 4.79 Å². The van der Waals surface area contributed by atoms with E-state index in [0.717, 1.165) is 12.2 Å². The summed E-state index contributed by atoms with van der Waals surface area (Å²) in [7, 11) is -4.81. The molecular formula is C66H44N12O7P2. The number of Topliss-reactive ketones (excluding diaryl/α,β-unsaturated/α-hetero) is 2. The highest BCUT2D eigenvalue weighted by atomic mass is 31.2. The van der Waals surface area contributed by atoms with E-state index in [1.165, 1.54) is 62.4 Å². The van der Waals surface area contributed by atoms with Crippen LogP contribution >= 0.6 is 16.9 Å². The highest BCUT2D eigenvalue weighted by Gasteiger charge is 2.41. The second kappa shape index (κ2) is 22.1. The lowest BCUT2D eigenvalue weighted by Gasteiger charge is -2.34. The quantitative estimate of drug-likeness (QED) is 0.0339. The van der Waals surface area contributed by atoms with Crippen LogP contribution in [-0.4, -0.2) is 49.6 Å². The minimum Gasteiger partial charge on any atom is -0.451 e. The van der Waals surface area contributed by atoms with Gasteiger partial charge in [-0.2, -0.15) is 21.0 Å². The molecule has 3 aliphatic heterocycles. The number of nitriles is 4. The predicted molar refractivity (Wildman–Crippen MR) is 330 cm³/mol. The SMILES string of the molecule is [C-]#[N+]c1c(C=C)cn2c1Cc1c([N+]#[C-])c(C=C)cn1C2Oc1cc(C(=O)C=C)c(C(C)=O)c(OP2n3cc(C=C)c(C#N)c3Cc3c(C#N)c(C=C)cn32)c1-c1cc(C(C)=O)c(C(=O)C=C)cc1OP1n2ccc(C#N)c2Cc2c(C#N)c(C=C)cn21. The Bertz CT molecular complexity index is 4710. The van der Waals surface area contributed by atoms with E-state index in [2.05, 4.69) is 80.0 Å². The van der Waals surface area contributed by atoms with Crippen molar-refractivity contribution in [3.8, 4) is 52.7 Å². The number of hydrogen-bond acceptors (Lipinski definition) is 11. The normalized spacial score (nSPS) is 13.3. The molecule has 0 aliphatic carbocycles. The van der Waals surface area contributed by atoms with Crippen molar-refractivity contribution in [3.63, 3.8) is 0 Å². The van der Waals surface area contributed by atoms with E-state index in [1.807, 2.05) is 0 Å². The van der Waals surface area contributed by atoms with Gasteiger partial charge in [-0.05, 0) is 61.4 Å². The van der Waals surface area contributed by atoms with Gasteiger partial charge in [0, 0.05) is 112 Å². The first-order chi connectivity index (χ1) is 42.0. The Balaban J connectivity index is 1.32. The number of nitrogens with zero attached hydrogens (tertiary/aromatic N) is 12. The van der Waals surface area contributed by atoms with E-state index in [1.54, 1.807) is 69.7 Å². The molecule has 0 N–H and O–H groups in total. The number of fused-ring (bicyclic) bond motifs is 6. The molecule has 21 heteroatoms. The molecule has 2 aromatic carbocycles. The summed E-state index contributed by atoms with van der Waals surface area (Å²) < 4.78 is 32.5. The van der Waals surface area contributed by atoms with Gasteiger partial charge >= 0.3 is 16.9 Å². The summed E-state index contributed by atoms with van der Waals surface area (Å²) in [5.74, 6) is -3.56. The van der Waals surface area contributed by atoms with Crippen LogP contribution in [0, 0.1) is 58.5 Å². The second-order valence-corrected chi connectivity index (χ2v) is 22.9. The van der Waals surface area contributed by atoms with Crippen LogP contribution in [0.3, 0.4) is 0 Å². The predicted octanol–water partition coefficient (Wildman–Crippen LogP) is 14.3. The summed E-state index contributed by atoms with van der Waals surface area (Å²) >= 11 is 0. The number of carbonyl (C=O) groups is 4. The van der Waals surface area contributed by atoms with Crippen molar-refractivity contribution < 1.29 is 33.0 Å². The fraction of sp³-hybridized carbons (Fsp3) is 0.0909. The van der Waals surface area contributed by atoms with Gasteiger partial charge in [0.2, 0.25) is 11.4 Å². The first-order valence-corrected chi connectivity index (χ1v) is 28.7. The van der Waals surface area contributed by atoms with Crippen LogP contribution in [0.2, 0.25) is 0 Å². The molecule has 11 rings (SSSR count). The lowest BCUT2D eigenvalue weighted by molar-refractivity contribution is 0.0896. The zero-order chi connectivity index (χ0) is 62.0.